The van der Waals surface area contributed by atoms with E-state index in [0.717, 1.165) is 49.6 Å². The zero-order valence-corrected chi connectivity index (χ0v) is 20.5. The van der Waals surface area contributed by atoms with Gasteiger partial charge in [-0.25, -0.2) is 14.6 Å². The van der Waals surface area contributed by atoms with Crippen molar-refractivity contribution >= 4 is 24.7 Å². The third kappa shape index (κ3) is 6.40. The standard InChI is InChI=1S/C25H29N5O4S/c1-28-12-10-26-23(28)22(35)18-5-8-21(9-6-18)34-25(33)30-15-13-29(14-16-30)11-2-3-20-7-4-19(17-27-20)24(31)32/h4-10,12,17,22,35H,2-3,11,13-16H2,1H3,(H,31,32). The van der Waals surface area contributed by atoms with E-state index in [4.69, 9.17) is 9.84 Å². The Kier molecular flexibility index (Phi) is 8.04. The summed E-state index contributed by atoms with van der Waals surface area (Å²) >= 11 is 4.67. The van der Waals surface area contributed by atoms with E-state index in [1.165, 1.54) is 6.20 Å². The minimum Gasteiger partial charge on any atom is -0.478 e. The van der Waals surface area contributed by atoms with E-state index in [-0.39, 0.29) is 16.9 Å². The van der Waals surface area contributed by atoms with E-state index < -0.39 is 5.97 Å². The zero-order chi connectivity index (χ0) is 24.8. The highest BCUT2D eigenvalue weighted by Gasteiger charge is 2.22. The Hall–Kier alpha value is -3.37. The Bertz CT molecular complexity index is 1140. The number of carbonyl (C=O) groups excluding carboxylic acids is 1. The van der Waals surface area contributed by atoms with Gasteiger partial charge in [0.2, 0.25) is 0 Å². The number of carbonyl (C=O) groups is 2. The molecule has 0 saturated carbocycles. The van der Waals surface area contributed by atoms with Crippen LogP contribution in [0.5, 0.6) is 5.75 Å². The third-order valence-electron chi connectivity index (χ3n) is 6.11. The fraction of sp³-hybridized carbons (Fsp3) is 0.360. The van der Waals surface area contributed by atoms with Gasteiger partial charge < -0.3 is 19.3 Å². The van der Waals surface area contributed by atoms with E-state index >= 15 is 0 Å². The zero-order valence-electron chi connectivity index (χ0n) is 19.6. The molecule has 1 N–H and O–H groups in total. The van der Waals surface area contributed by atoms with Crippen LogP contribution in [0.15, 0.2) is 55.0 Å². The van der Waals surface area contributed by atoms with Gasteiger partial charge in [-0.05, 0) is 49.2 Å². The molecule has 35 heavy (non-hydrogen) atoms. The molecule has 1 atom stereocenters. The van der Waals surface area contributed by atoms with Gasteiger partial charge in [0, 0.05) is 57.5 Å². The number of carboxylic acid groups (broad SMARTS) is 1. The lowest BCUT2D eigenvalue weighted by molar-refractivity contribution is 0.0696. The number of nitrogens with zero attached hydrogens (tertiary/aromatic N) is 5. The second kappa shape index (κ2) is 11.4. The van der Waals surface area contributed by atoms with Gasteiger partial charge in [0.25, 0.3) is 0 Å². The van der Waals surface area contributed by atoms with Crippen molar-refractivity contribution in [3.63, 3.8) is 0 Å². The van der Waals surface area contributed by atoms with Crippen molar-refractivity contribution in [2.75, 3.05) is 32.7 Å². The van der Waals surface area contributed by atoms with Crippen LogP contribution in [0.3, 0.4) is 0 Å². The van der Waals surface area contributed by atoms with E-state index in [1.807, 2.05) is 29.9 Å². The summed E-state index contributed by atoms with van der Waals surface area (Å²) in [6, 6.07) is 10.7. The van der Waals surface area contributed by atoms with E-state index in [9.17, 15) is 9.59 Å². The predicted octanol–water partition coefficient (Wildman–Crippen LogP) is 3.28. The molecule has 1 fully saturated rings. The van der Waals surface area contributed by atoms with Crippen molar-refractivity contribution in [3.8, 4) is 5.75 Å². The maximum absolute atomic E-state index is 12.6. The summed E-state index contributed by atoms with van der Waals surface area (Å²) in [5.74, 6) is 0.385. The van der Waals surface area contributed by atoms with Crippen LogP contribution in [0.4, 0.5) is 4.79 Å². The molecule has 3 heterocycles. The summed E-state index contributed by atoms with van der Waals surface area (Å²) in [6.07, 6.45) is 6.38. The Balaban J connectivity index is 1.19. The molecule has 1 aliphatic heterocycles. The summed E-state index contributed by atoms with van der Waals surface area (Å²) in [5.41, 5.74) is 2.06. The second-order valence-electron chi connectivity index (χ2n) is 8.51. The van der Waals surface area contributed by atoms with Crippen LogP contribution in [-0.2, 0) is 13.5 Å². The number of aromatic nitrogens is 3. The molecule has 0 radical (unpaired) electrons. The van der Waals surface area contributed by atoms with Gasteiger partial charge in [-0.15, -0.1) is 0 Å². The van der Waals surface area contributed by atoms with Gasteiger partial charge >= 0.3 is 12.1 Å². The SMILES string of the molecule is Cn1ccnc1C(S)c1ccc(OC(=O)N2CCN(CCCc3ccc(C(=O)O)cn3)CC2)cc1. The third-order valence-corrected chi connectivity index (χ3v) is 6.64. The molecule has 1 amide bonds. The number of ether oxygens (including phenoxy) is 1. The molecule has 1 saturated heterocycles. The Morgan fingerprint density at radius 2 is 1.83 bits per heavy atom. The molecule has 1 unspecified atom stereocenters. The quantitative estimate of drug-likeness (QED) is 0.463. The van der Waals surface area contributed by atoms with Gasteiger partial charge in [0.1, 0.15) is 11.6 Å². The molecular formula is C25H29N5O4S. The second-order valence-corrected chi connectivity index (χ2v) is 9.03. The number of amides is 1. The molecule has 4 rings (SSSR count). The van der Waals surface area contributed by atoms with Crippen LogP contribution >= 0.6 is 12.6 Å². The highest BCUT2D eigenvalue weighted by atomic mass is 32.1. The predicted molar refractivity (Wildman–Crippen MR) is 134 cm³/mol. The molecule has 0 aliphatic carbocycles. The number of aryl methyl sites for hydroxylation is 2. The first-order valence-electron chi connectivity index (χ1n) is 11.5. The van der Waals surface area contributed by atoms with Gasteiger partial charge in [-0.3, -0.25) is 9.88 Å². The average Bonchev–Trinajstić information content (AvgIpc) is 3.30. The molecular weight excluding hydrogens is 466 g/mol. The number of hydrogen-bond donors (Lipinski definition) is 2. The number of piperazine rings is 1. The highest BCUT2D eigenvalue weighted by Crippen LogP contribution is 2.28. The van der Waals surface area contributed by atoms with Crippen molar-refractivity contribution in [1.29, 1.82) is 0 Å². The van der Waals surface area contributed by atoms with Gasteiger partial charge in [-0.2, -0.15) is 12.6 Å². The number of aromatic carboxylic acids is 1. The molecule has 3 aromatic rings. The molecule has 9 nitrogen and oxygen atoms in total. The maximum atomic E-state index is 12.6. The molecule has 1 aromatic carbocycles. The summed E-state index contributed by atoms with van der Waals surface area (Å²) in [7, 11) is 1.93. The molecule has 0 spiro atoms. The minimum atomic E-state index is -0.968. The first-order valence-corrected chi connectivity index (χ1v) is 12.0. The fourth-order valence-electron chi connectivity index (χ4n) is 4.01. The Morgan fingerprint density at radius 1 is 1.09 bits per heavy atom. The lowest BCUT2D eigenvalue weighted by atomic mass is 10.1. The lowest BCUT2D eigenvalue weighted by Crippen LogP contribution is -2.49. The van der Waals surface area contributed by atoms with Crippen LogP contribution in [-0.4, -0.2) is 74.2 Å². The van der Waals surface area contributed by atoms with Crippen LogP contribution in [0.25, 0.3) is 0 Å². The topological polar surface area (TPSA) is 101 Å². The van der Waals surface area contributed by atoms with Crippen molar-refractivity contribution in [2.24, 2.45) is 7.05 Å². The number of hydrogen-bond acceptors (Lipinski definition) is 7. The first kappa shape index (κ1) is 24.7. The highest BCUT2D eigenvalue weighted by molar-refractivity contribution is 7.80. The van der Waals surface area contributed by atoms with Crippen molar-refractivity contribution in [2.45, 2.75) is 18.1 Å². The van der Waals surface area contributed by atoms with Crippen LogP contribution < -0.4 is 4.74 Å². The van der Waals surface area contributed by atoms with E-state index in [2.05, 4.69) is 27.5 Å². The van der Waals surface area contributed by atoms with Gasteiger partial charge in [0.15, 0.2) is 0 Å². The van der Waals surface area contributed by atoms with E-state index in [0.29, 0.717) is 18.8 Å². The fourth-order valence-corrected chi connectivity index (χ4v) is 4.43. The number of rotatable bonds is 8. The molecule has 0 bridgehead atoms. The summed E-state index contributed by atoms with van der Waals surface area (Å²) in [4.78, 5) is 36.1. The van der Waals surface area contributed by atoms with Crippen molar-refractivity contribution in [3.05, 3.63) is 77.6 Å². The molecule has 2 aromatic heterocycles. The van der Waals surface area contributed by atoms with Crippen molar-refractivity contribution in [1.82, 2.24) is 24.3 Å². The Morgan fingerprint density at radius 3 is 2.43 bits per heavy atom. The number of pyridine rings is 1. The van der Waals surface area contributed by atoms with Gasteiger partial charge in [-0.1, -0.05) is 12.1 Å². The summed E-state index contributed by atoms with van der Waals surface area (Å²) < 4.78 is 7.51. The smallest absolute Gasteiger partial charge is 0.415 e. The molecule has 10 heteroatoms. The maximum Gasteiger partial charge on any atom is 0.415 e. The monoisotopic (exact) mass is 495 g/mol. The van der Waals surface area contributed by atoms with Gasteiger partial charge in [0.05, 0.1) is 10.8 Å². The summed E-state index contributed by atoms with van der Waals surface area (Å²) in [5, 5.41) is 8.79. The summed E-state index contributed by atoms with van der Waals surface area (Å²) in [6.45, 7) is 3.68. The first-order chi connectivity index (χ1) is 16.9. The number of benzene rings is 1. The lowest BCUT2D eigenvalue weighted by Gasteiger charge is -2.34. The van der Waals surface area contributed by atoms with E-state index in [1.54, 1.807) is 35.4 Å². The molecule has 184 valence electrons. The number of carboxylic acids is 1. The Labute approximate surface area is 209 Å². The minimum absolute atomic E-state index is 0.160. The van der Waals surface area contributed by atoms with Crippen molar-refractivity contribution < 1.29 is 19.4 Å². The number of imidazole rings is 1. The van der Waals surface area contributed by atoms with Crippen LogP contribution in [0, 0.1) is 0 Å². The largest absolute Gasteiger partial charge is 0.478 e. The number of thiol groups is 1. The van der Waals surface area contributed by atoms with Crippen LogP contribution in [0.2, 0.25) is 0 Å². The normalized spacial score (nSPS) is 15.1. The van der Waals surface area contributed by atoms with Crippen LogP contribution in [0.1, 0.15) is 39.1 Å². The average molecular weight is 496 g/mol. The molecule has 1 aliphatic rings.